The third-order valence-corrected chi connectivity index (χ3v) is 6.54. The van der Waals surface area contributed by atoms with Crippen LogP contribution in [0.4, 0.5) is 20.2 Å². The minimum absolute atomic E-state index is 0.0166. The maximum absolute atomic E-state index is 15.0. The first kappa shape index (κ1) is 32.6. The van der Waals surface area contributed by atoms with Gasteiger partial charge < -0.3 is 15.2 Å². The number of pyridine rings is 2. The summed E-state index contributed by atoms with van der Waals surface area (Å²) in [5.41, 5.74) is 6.34. The molecule has 4 aromatic rings. The zero-order valence-corrected chi connectivity index (χ0v) is 25.1. The van der Waals surface area contributed by atoms with Crippen molar-refractivity contribution in [2.24, 2.45) is 4.99 Å². The predicted octanol–water partition coefficient (Wildman–Crippen LogP) is 7.01. The zero-order chi connectivity index (χ0) is 32.7. The number of rotatable bonds is 5. The van der Waals surface area contributed by atoms with Crippen molar-refractivity contribution >= 4 is 58.0 Å². The Balaban J connectivity index is 0.000000215. The lowest BCUT2D eigenvalue weighted by Gasteiger charge is -2.09. The summed E-state index contributed by atoms with van der Waals surface area (Å²) in [5, 5.41) is 1.00. The Morgan fingerprint density at radius 1 is 0.733 bits per heavy atom. The summed E-state index contributed by atoms with van der Waals surface area (Å²) in [5.74, 6) is -2.97. The van der Waals surface area contributed by atoms with Crippen LogP contribution in [0.2, 0.25) is 10.0 Å². The first-order valence-electron chi connectivity index (χ1n) is 12.8. The highest BCUT2D eigenvalue weighted by Gasteiger charge is 2.19. The largest absolute Gasteiger partial charge is 0.464 e. The molecule has 0 radical (unpaired) electrons. The van der Waals surface area contributed by atoms with Crippen LogP contribution in [-0.2, 0) is 14.3 Å². The quantitative estimate of drug-likeness (QED) is 0.180. The number of halogens is 4. The number of hydrogen-bond donors (Lipinski definition) is 1. The number of ether oxygens (including phenoxy) is 2. The molecule has 0 aliphatic heterocycles. The lowest BCUT2D eigenvalue weighted by molar-refractivity contribution is -0.110. The molecule has 0 unspecified atom stereocenters. The molecule has 0 saturated heterocycles. The summed E-state index contributed by atoms with van der Waals surface area (Å²) in [6.45, 7) is 0. The van der Waals surface area contributed by atoms with E-state index in [1.165, 1.54) is 44.6 Å². The topological polar surface area (TPSA) is 134 Å². The van der Waals surface area contributed by atoms with E-state index in [9.17, 15) is 23.2 Å². The molecule has 45 heavy (non-hydrogen) atoms. The van der Waals surface area contributed by atoms with Crippen LogP contribution >= 0.6 is 23.2 Å². The molecule has 0 spiro atoms. The Kier molecular flexibility index (Phi) is 10.5. The Hall–Kier alpha value is -5.26. The Labute approximate surface area is 265 Å². The van der Waals surface area contributed by atoms with Crippen molar-refractivity contribution in [3.63, 3.8) is 0 Å². The van der Waals surface area contributed by atoms with E-state index in [-0.39, 0.29) is 39.9 Å². The molecule has 2 N–H and O–H groups in total. The van der Waals surface area contributed by atoms with Gasteiger partial charge in [0.05, 0.1) is 25.6 Å². The number of allylic oxidation sites excluding steroid dienone is 4. The summed E-state index contributed by atoms with van der Waals surface area (Å²) in [6.07, 6.45) is 5.56. The number of aliphatic imine (C=N–C) groups is 1. The third kappa shape index (κ3) is 8.02. The van der Waals surface area contributed by atoms with Gasteiger partial charge in [0.1, 0.15) is 17.1 Å². The molecule has 2 heterocycles. The molecule has 228 valence electrons. The second-order valence-electron chi connectivity index (χ2n) is 9.05. The molecule has 9 nitrogen and oxygen atoms in total. The first-order valence-corrected chi connectivity index (χ1v) is 13.6. The van der Waals surface area contributed by atoms with Crippen molar-refractivity contribution in [1.82, 2.24) is 9.97 Å². The van der Waals surface area contributed by atoms with Gasteiger partial charge in [0, 0.05) is 27.2 Å². The van der Waals surface area contributed by atoms with Gasteiger partial charge in [-0.3, -0.25) is 4.79 Å². The van der Waals surface area contributed by atoms with Crippen LogP contribution in [0.5, 0.6) is 0 Å². The number of esters is 2. The van der Waals surface area contributed by atoms with Gasteiger partial charge in [-0.25, -0.2) is 33.3 Å². The van der Waals surface area contributed by atoms with Crippen molar-refractivity contribution < 1.29 is 32.6 Å². The van der Waals surface area contributed by atoms with E-state index in [0.29, 0.717) is 26.9 Å². The molecular weight excluding hydrogens is 629 g/mol. The first-order chi connectivity index (χ1) is 21.5. The van der Waals surface area contributed by atoms with Crippen LogP contribution in [0, 0.1) is 11.6 Å². The average molecular weight is 651 g/mol. The molecule has 2 aromatic heterocycles. The molecule has 0 fully saturated rings. The maximum Gasteiger partial charge on any atom is 0.356 e. The van der Waals surface area contributed by atoms with E-state index in [2.05, 4.69) is 24.4 Å². The van der Waals surface area contributed by atoms with Crippen molar-refractivity contribution in [1.29, 1.82) is 0 Å². The van der Waals surface area contributed by atoms with Crippen LogP contribution in [0.25, 0.3) is 22.5 Å². The van der Waals surface area contributed by atoms with Gasteiger partial charge in [-0.05, 0) is 54.6 Å². The Morgan fingerprint density at radius 2 is 1.18 bits per heavy atom. The number of aromatic nitrogens is 2. The summed E-state index contributed by atoms with van der Waals surface area (Å²) in [4.78, 5) is 46.7. The number of nitrogens with two attached hydrogens (primary N) is 1. The molecular formula is C32H22Cl2F2N4O5. The second kappa shape index (κ2) is 14.5. The molecule has 0 bridgehead atoms. The minimum atomic E-state index is -0.716. The number of benzene rings is 2. The number of methoxy groups -OCH3 is 2. The predicted molar refractivity (Wildman–Crippen MR) is 167 cm³/mol. The number of nitrogen functional groups attached to an aromatic ring is 1. The second-order valence-corrected chi connectivity index (χ2v) is 9.92. The molecule has 0 atom stereocenters. The number of carbonyl (C=O) groups excluding carboxylic acids is 3. The number of anilines is 1. The van der Waals surface area contributed by atoms with Crippen LogP contribution < -0.4 is 5.73 Å². The lowest BCUT2D eigenvalue weighted by atomic mass is 10.1. The van der Waals surface area contributed by atoms with Crippen LogP contribution in [0.15, 0.2) is 90.0 Å². The van der Waals surface area contributed by atoms with E-state index >= 15 is 0 Å². The number of nitrogens with zero attached hydrogens (tertiary/aromatic N) is 3. The highest BCUT2D eigenvalue weighted by Crippen LogP contribution is 2.31. The summed E-state index contributed by atoms with van der Waals surface area (Å²) >= 11 is 11.6. The van der Waals surface area contributed by atoms with Crippen molar-refractivity contribution in [2.45, 2.75) is 0 Å². The van der Waals surface area contributed by atoms with E-state index in [4.69, 9.17) is 28.9 Å². The fraction of sp³-hybridized carbons (Fsp3) is 0.0625. The van der Waals surface area contributed by atoms with Crippen LogP contribution in [-0.4, -0.2) is 47.6 Å². The van der Waals surface area contributed by atoms with Gasteiger partial charge in [-0.2, -0.15) is 0 Å². The minimum Gasteiger partial charge on any atom is -0.464 e. The van der Waals surface area contributed by atoms with Gasteiger partial charge in [-0.1, -0.05) is 47.5 Å². The Morgan fingerprint density at radius 3 is 1.64 bits per heavy atom. The zero-order valence-electron chi connectivity index (χ0n) is 23.6. The van der Waals surface area contributed by atoms with Crippen molar-refractivity contribution in [2.75, 3.05) is 20.0 Å². The number of carbonyl (C=O) groups is 3. The summed E-state index contributed by atoms with van der Waals surface area (Å²) < 4.78 is 38.2. The van der Waals surface area contributed by atoms with Crippen molar-refractivity contribution in [3.8, 4) is 22.5 Å². The van der Waals surface area contributed by atoms with E-state index in [1.807, 2.05) is 0 Å². The SMILES string of the molecule is COC(=O)c1cc(N)c(F)c(-c2ccc(Cl)cc2)n1.COC(=O)c1cc(N=C2C=CC(=O)C=C2)c(F)c(-c2ccc(Cl)cc2)n1. The molecule has 5 rings (SSSR count). The highest BCUT2D eigenvalue weighted by molar-refractivity contribution is 6.31. The standard InChI is InChI=1S/C19H12ClFN2O3.C13H10ClFN2O2/c1-26-19(25)16-10-15(22-13-6-8-14(24)9-7-13)17(21)18(23-16)11-2-4-12(20)5-3-11;1-19-13(18)10-6-9(16)11(15)12(17-10)7-2-4-8(14)5-3-7/h2-10H,1H3;2-6H,1H3,(H2,16,17). The van der Waals surface area contributed by atoms with Gasteiger partial charge >= 0.3 is 11.9 Å². The monoisotopic (exact) mass is 650 g/mol. The molecule has 2 aromatic carbocycles. The fourth-order valence-electron chi connectivity index (χ4n) is 3.82. The Bertz CT molecular complexity index is 1860. The molecule has 1 aliphatic rings. The van der Waals surface area contributed by atoms with Gasteiger partial charge in [0.2, 0.25) is 0 Å². The molecule has 13 heteroatoms. The maximum atomic E-state index is 15.0. The lowest BCUT2D eigenvalue weighted by Crippen LogP contribution is -2.08. The third-order valence-electron chi connectivity index (χ3n) is 6.03. The van der Waals surface area contributed by atoms with Crippen molar-refractivity contribution in [3.05, 3.63) is 118 Å². The molecule has 0 amide bonds. The molecule has 1 aliphatic carbocycles. The van der Waals surface area contributed by atoms with Crippen LogP contribution in [0.1, 0.15) is 21.0 Å². The summed E-state index contributed by atoms with van der Waals surface area (Å²) in [7, 11) is 2.42. The fourth-order valence-corrected chi connectivity index (χ4v) is 4.07. The smallest absolute Gasteiger partial charge is 0.356 e. The normalized spacial score (nSPS) is 11.9. The van der Waals surface area contributed by atoms with Crippen LogP contribution in [0.3, 0.4) is 0 Å². The van der Waals surface area contributed by atoms with Gasteiger partial charge in [-0.15, -0.1) is 0 Å². The average Bonchev–Trinajstić information content (AvgIpc) is 3.04. The summed E-state index contributed by atoms with van der Waals surface area (Å²) in [6, 6.07) is 15.1. The molecule has 0 saturated carbocycles. The van der Waals surface area contributed by atoms with Gasteiger partial charge in [0.15, 0.2) is 28.8 Å². The highest BCUT2D eigenvalue weighted by atomic mass is 35.5. The van der Waals surface area contributed by atoms with E-state index in [0.717, 1.165) is 6.07 Å². The number of ketones is 1. The number of hydrogen-bond acceptors (Lipinski definition) is 9. The van der Waals surface area contributed by atoms with E-state index in [1.54, 1.807) is 48.5 Å². The van der Waals surface area contributed by atoms with Gasteiger partial charge in [0.25, 0.3) is 0 Å². The van der Waals surface area contributed by atoms with E-state index < -0.39 is 23.6 Å².